The van der Waals surface area contributed by atoms with Gasteiger partial charge in [0.2, 0.25) is 0 Å². The maximum absolute atomic E-state index is 14.0. The van der Waals surface area contributed by atoms with Crippen LogP contribution in [0.2, 0.25) is 0 Å². The zero-order valence-electron chi connectivity index (χ0n) is 13.0. The summed E-state index contributed by atoms with van der Waals surface area (Å²) in [5, 5.41) is 2.07. The Labute approximate surface area is 139 Å². The first-order valence-corrected chi connectivity index (χ1v) is 8.43. The molecule has 4 nitrogen and oxygen atoms in total. The van der Waals surface area contributed by atoms with Crippen molar-refractivity contribution in [3.8, 4) is 5.75 Å². The van der Waals surface area contributed by atoms with Crippen LogP contribution >= 0.6 is 11.3 Å². The van der Waals surface area contributed by atoms with Crippen molar-refractivity contribution in [2.75, 3.05) is 33.3 Å². The summed E-state index contributed by atoms with van der Waals surface area (Å²) in [7, 11) is 1.48. The van der Waals surface area contributed by atoms with E-state index >= 15 is 0 Å². The summed E-state index contributed by atoms with van der Waals surface area (Å²) >= 11 is 1.74. The highest BCUT2D eigenvalue weighted by atomic mass is 32.1. The molecule has 122 valence electrons. The van der Waals surface area contributed by atoms with Crippen molar-refractivity contribution in [2.45, 2.75) is 6.54 Å². The minimum Gasteiger partial charge on any atom is -0.497 e. The van der Waals surface area contributed by atoms with Crippen LogP contribution in [0.3, 0.4) is 0 Å². The zero-order chi connectivity index (χ0) is 16.2. The maximum atomic E-state index is 14.0. The van der Waals surface area contributed by atoms with Gasteiger partial charge in [-0.15, -0.1) is 11.3 Å². The number of thiophene rings is 1. The highest BCUT2D eigenvalue weighted by Crippen LogP contribution is 2.19. The van der Waals surface area contributed by atoms with Crippen LogP contribution in [-0.2, 0) is 6.54 Å². The normalized spacial score (nSPS) is 15.7. The second-order valence-corrected chi connectivity index (χ2v) is 6.53. The van der Waals surface area contributed by atoms with Gasteiger partial charge in [-0.2, -0.15) is 0 Å². The lowest BCUT2D eigenvalue weighted by Gasteiger charge is -2.34. The van der Waals surface area contributed by atoms with Gasteiger partial charge < -0.3 is 9.64 Å². The van der Waals surface area contributed by atoms with E-state index in [1.54, 1.807) is 22.3 Å². The molecule has 23 heavy (non-hydrogen) atoms. The number of hydrogen-bond donors (Lipinski definition) is 0. The van der Waals surface area contributed by atoms with Crippen molar-refractivity contribution in [3.63, 3.8) is 0 Å². The number of ether oxygens (including phenoxy) is 1. The lowest BCUT2D eigenvalue weighted by Crippen LogP contribution is -2.48. The molecule has 0 spiro atoms. The number of carbonyl (C=O) groups is 1. The van der Waals surface area contributed by atoms with E-state index < -0.39 is 5.82 Å². The third kappa shape index (κ3) is 3.71. The summed E-state index contributed by atoms with van der Waals surface area (Å²) < 4.78 is 19.0. The molecule has 3 rings (SSSR count). The molecule has 0 atom stereocenters. The number of rotatable bonds is 4. The van der Waals surface area contributed by atoms with Crippen LogP contribution in [0.4, 0.5) is 4.39 Å². The molecule has 0 saturated carbocycles. The van der Waals surface area contributed by atoms with Crippen molar-refractivity contribution >= 4 is 17.2 Å². The predicted octanol–water partition coefficient (Wildman–Crippen LogP) is 2.85. The van der Waals surface area contributed by atoms with E-state index in [1.807, 2.05) is 6.07 Å². The maximum Gasteiger partial charge on any atom is 0.256 e. The Morgan fingerprint density at radius 2 is 2.04 bits per heavy atom. The van der Waals surface area contributed by atoms with E-state index in [2.05, 4.69) is 16.3 Å². The van der Waals surface area contributed by atoms with E-state index in [0.717, 1.165) is 19.6 Å². The molecule has 0 radical (unpaired) electrons. The molecule has 6 heteroatoms. The predicted molar refractivity (Wildman–Crippen MR) is 88.5 cm³/mol. The van der Waals surface area contributed by atoms with Gasteiger partial charge in [-0.25, -0.2) is 4.39 Å². The standard InChI is InChI=1S/C17H19FN2O2S/c1-22-13-4-5-15(16(18)11-13)17(21)20-8-6-19(7-9-20)12-14-3-2-10-23-14/h2-5,10-11H,6-9,12H2,1H3. The van der Waals surface area contributed by atoms with Gasteiger partial charge in [0.05, 0.1) is 12.7 Å². The van der Waals surface area contributed by atoms with Crippen molar-refractivity contribution in [2.24, 2.45) is 0 Å². The molecular formula is C17H19FN2O2S. The molecular weight excluding hydrogens is 315 g/mol. The Hall–Kier alpha value is -1.92. The summed E-state index contributed by atoms with van der Waals surface area (Å²) in [6, 6.07) is 8.53. The Morgan fingerprint density at radius 1 is 1.26 bits per heavy atom. The van der Waals surface area contributed by atoms with E-state index in [9.17, 15) is 9.18 Å². The molecule has 0 N–H and O–H groups in total. The Morgan fingerprint density at radius 3 is 2.65 bits per heavy atom. The largest absolute Gasteiger partial charge is 0.497 e. The van der Waals surface area contributed by atoms with Crippen LogP contribution in [0.1, 0.15) is 15.2 Å². The second kappa shape index (κ2) is 7.10. The minimum atomic E-state index is -0.532. The van der Waals surface area contributed by atoms with Gasteiger partial charge in [-0.1, -0.05) is 6.07 Å². The van der Waals surface area contributed by atoms with Crippen molar-refractivity contribution in [1.29, 1.82) is 0 Å². The molecule has 2 aromatic rings. The number of amides is 1. The third-order valence-corrected chi connectivity index (χ3v) is 4.89. The average molecular weight is 334 g/mol. The topological polar surface area (TPSA) is 32.8 Å². The van der Waals surface area contributed by atoms with E-state index in [-0.39, 0.29) is 11.5 Å². The van der Waals surface area contributed by atoms with Gasteiger partial charge in [-0.3, -0.25) is 9.69 Å². The second-order valence-electron chi connectivity index (χ2n) is 5.49. The number of piperazine rings is 1. The average Bonchev–Trinajstić information content (AvgIpc) is 3.08. The molecule has 0 unspecified atom stereocenters. The van der Waals surface area contributed by atoms with Gasteiger partial charge in [0.25, 0.3) is 5.91 Å². The Kier molecular flexibility index (Phi) is 4.93. The van der Waals surface area contributed by atoms with Crippen LogP contribution in [0.15, 0.2) is 35.7 Å². The first-order valence-electron chi connectivity index (χ1n) is 7.55. The third-order valence-electron chi connectivity index (χ3n) is 4.03. The quantitative estimate of drug-likeness (QED) is 0.862. The van der Waals surface area contributed by atoms with E-state index in [4.69, 9.17) is 4.74 Å². The van der Waals surface area contributed by atoms with Gasteiger partial charge in [0.1, 0.15) is 11.6 Å². The fourth-order valence-corrected chi connectivity index (χ4v) is 3.44. The van der Waals surface area contributed by atoms with Gasteiger partial charge in [0.15, 0.2) is 0 Å². The number of methoxy groups -OCH3 is 1. The number of carbonyl (C=O) groups excluding carboxylic acids is 1. The van der Waals surface area contributed by atoms with Crippen LogP contribution in [0, 0.1) is 5.82 Å². The molecule has 1 aliphatic rings. The van der Waals surface area contributed by atoms with Crippen LogP contribution in [0.5, 0.6) is 5.75 Å². The Balaban J connectivity index is 1.60. The summed E-state index contributed by atoms with van der Waals surface area (Å²) in [6.45, 7) is 3.77. The highest BCUT2D eigenvalue weighted by molar-refractivity contribution is 7.09. The van der Waals surface area contributed by atoms with Crippen molar-refractivity contribution in [3.05, 3.63) is 52.0 Å². The summed E-state index contributed by atoms with van der Waals surface area (Å²) in [6.07, 6.45) is 0. The summed E-state index contributed by atoms with van der Waals surface area (Å²) in [5.74, 6) is -0.365. The zero-order valence-corrected chi connectivity index (χ0v) is 13.8. The number of benzene rings is 1. The number of hydrogen-bond acceptors (Lipinski definition) is 4. The number of halogens is 1. The Bertz CT molecular complexity index is 667. The monoisotopic (exact) mass is 334 g/mol. The van der Waals surface area contributed by atoms with Crippen molar-refractivity contribution in [1.82, 2.24) is 9.80 Å². The number of nitrogens with zero attached hydrogens (tertiary/aromatic N) is 2. The lowest BCUT2D eigenvalue weighted by molar-refractivity contribution is 0.0625. The van der Waals surface area contributed by atoms with Crippen LogP contribution < -0.4 is 4.74 Å². The molecule has 1 aliphatic heterocycles. The van der Waals surface area contributed by atoms with E-state index in [1.165, 1.54) is 24.1 Å². The summed E-state index contributed by atoms with van der Waals surface area (Å²) in [5.41, 5.74) is 0.109. The van der Waals surface area contributed by atoms with Crippen LogP contribution in [0.25, 0.3) is 0 Å². The molecule has 1 aromatic carbocycles. The molecule has 1 saturated heterocycles. The molecule has 0 aliphatic carbocycles. The molecule has 1 fully saturated rings. The van der Waals surface area contributed by atoms with Crippen LogP contribution in [-0.4, -0.2) is 49.0 Å². The van der Waals surface area contributed by atoms with Gasteiger partial charge in [-0.05, 0) is 23.6 Å². The fourth-order valence-electron chi connectivity index (χ4n) is 2.70. The molecule has 1 amide bonds. The molecule has 1 aromatic heterocycles. The first-order chi connectivity index (χ1) is 11.2. The first kappa shape index (κ1) is 16.0. The fraction of sp³-hybridized carbons (Fsp3) is 0.353. The molecule has 2 heterocycles. The SMILES string of the molecule is COc1ccc(C(=O)N2CCN(Cc3cccs3)CC2)c(F)c1. The summed E-state index contributed by atoms with van der Waals surface area (Å²) in [4.78, 5) is 17.8. The van der Waals surface area contributed by atoms with Gasteiger partial charge >= 0.3 is 0 Å². The lowest BCUT2D eigenvalue weighted by atomic mass is 10.1. The van der Waals surface area contributed by atoms with E-state index in [0.29, 0.717) is 18.8 Å². The van der Waals surface area contributed by atoms with Crippen molar-refractivity contribution < 1.29 is 13.9 Å². The smallest absolute Gasteiger partial charge is 0.256 e. The molecule has 0 bridgehead atoms. The highest BCUT2D eigenvalue weighted by Gasteiger charge is 2.24. The minimum absolute atomic E-state index is 0.109. The van der Waals surface area contributed by atoms with Gasteiger partial charge in [0, 0.05) is 43.7 Å².